The van der Waals surface area contributed by atoms with Crippen molar-refractivity contribution in [3.05, 3.63) is 65.3 Å². The molecular formula is C13H13N3O. The number of aromatic nitrogens is 1. The first-order chi connectivity index (χ1) is 8.33. The van der Waals surface area contributed by atoms with Gasteiger partial charge < -0.3 is 0 Å². The molecule has 0 aliphatic carbocycles. The molecule has 1 unspecified atom stereocenters. The van der Waals surface area contributed by atoms with E-state index in [1.807, 2.05) is 49.4 Å². The Bertz CT molecular complexity index is 473. The van der Waals surface area contributed by atoms with Crippen molar-refractivity contribution in [3.8, 4) is 0 Å². The van der Waals surface area contributed by atoms with Crippen molar-refractivity contribution in [2.45, 2.75) is 13.0 Å². The zero-order valence-corrected chi connectivity index (χ0v) is 9.52. The van der Waals surface area contributed by atoms with Gasteiger partial charge in [-0.25, -0.2) is 5.01 Å². The molecule has 0 saturated carbocycles. The lowest BCUT2D eigenvalue weighted by molar-refractivity contribution is 0.692. The Hall–Kier alpha value is -2.23. The SMILES string of the molecule is CC(c1cccnc1)N(N=O)c1ccccc1. The monoisotopic (exact) mass is 227 g/mol. The third kappa shape index (κ3) is 2.47. The van der Waals surface area contributed by atoms with Crippen LogP contribution in [0.5, 0.6) is 0 Å². The van der Waals surface area contributed by atoms with Crippen LogP contribution in [-0.4, -0.2) is 4.98 Å². The molecule has 1 aromatic heterocycles. The van der Waals surface area contributed by atoms with Gasteiger partial charge in [-0.3, -0.25) is 4.98 Å². The van der Waals surface area contributed by atoms with E-state index in [4.69, 9.17) is 0 Å². The summed E-state index contributed by atoms with van der Waals surface area (Å²) in [5.41, 5.74) is 1.73. The Balaban J connectivity index is 2.28. The number of para-hydroxylation sites is 1. The standard InChI is InChI=1S/C13H13N3O/c1-11(12-6-5-9-14-10-12)16(15-17)13-7-3-2-4-8-13/h2-11H,1H3. The summed E-state index contributed by atoms with van der Waals surface area (Å²) in [6.45, 7) is 1.92. The van der Waals surface area contributed by atoms with Crippen LogP contribution in [0.1, 0.15) is 18.5 Å². The molecule has 17 heavy (non-hydrogen) atoms. The molecule has 86 valence electrons. The highest BCUT2D eigenvalue weighted by Gasteiger charge is 2.16. The van der Waals surface area contributed by atoms with Gasteiger partial charge in [-0.05, 0) is 30.7 Å². The van der Waals surface area contributed by atoms with E-state index in [0.29, 0.717) is 0 Å². The average molecular weight is 227 g/mol. The smallest absolute Gasteiger partial charge is 0.0794 e. The summed E-state index contributed by atoms with van der Waals surface area (Å²) in [6.07, 6.45) is 3.45. The minimum absolute atomic E-state index is 0.136. The Morgan fingerprint density at radius 1 is 1.18 bits per heavy atom. The number of benzene rings is 1. The highest BCUT2D eigenvalue weighted by Crippen LogP contribution is 2.26. The first-order valence-corrected chi connectivity index (χ1v) is 5.40. The summed E-state index contributed by atoms with van der Waals surface area (Å²) in [5, 5.41) is 4.53. The lowest BCUT2D eigenvalue weighted by atomic mass is 10.1. The predicted octanol–water partition coefficient (Wildman–Crippen LogP) is 3.33. The van der Waals surface area contributed by atoms with Gasteiger partial charge in [-0.15, -0.1) is 4.91 Å². The van der Waals surface area contributed by atoms with Crippen LogP contribution in [-0.2, 0) is 0 Å². The highest BCUT2D eigenvalue weighted by atomic mass is 16.3. The molecule has 0 aliphatic rings. The maximum Gasteiger partial charge on any atom is 0.0794 e. The summed E-state index contributed by atoms with van der Waals surface area (Å²) in [7, 11) is 0. The lowest BCUT2D eigenvalue weighted by Crippen LogP contribution is -2.20. The van der Waals surface area contributed by atoms with E-state index in [1.54, 1.807) is 12.4 Å². The minimum atomic E-state index is -0.136. The van der Waals surface area contributed by atoms with Crippen molar-refractivity contribution >= 4 is 5.69 Å². The van der Waals surface area contributed by atoms with E-state index >= 15 is 0 Å². The molecule has 0 radical (unpaired) electrons. The van der Waals surface area contributed by atoms with Crippen LogP contribution < -0.4 is 5.01 Å². The molecule has 1 heterocycles. The lowest BCUT2D eigenvalue weighted by Gasteiger charge is -2.22. The van der Waals surface area contributed by atoms with Gasteiger partial charge in [-0.1, -0.05) is 24.3 Å². The highest BCUT2D eigenvalue weighted by molar-refractivity contribution is 5.47. The van der Waals surface area contributed by atoms with Crippen molar-refractivity contribution in [1.29, 1.82) is 0 Å². The summed E-state index contributed by atoms with van der Waals surface area (Å²) in [4.78, 5) is 15.0. The van der Waals surface area contributed by atoms with Gasteiger partial charge in [0, 0.05) is 12.4 Å². The molecule has 0 aliphatic heterocycles. The van der Waals surface area contributed by atoms with Crippen molar-refractivity contribution in [3.63, 3.8) is 0 Å². The minimum Gasteiger partial charge on any atom is -0.264 e. The van der Waals surface area contributed by atoms with E-state index < -0.39 is 0 Å². The molecule has 0 bridgehead atoms. The Labute approximate surface area is 99.9 Å². The van der Waals surface area contributed by atoms with Gasteiger partial charge in [0.25, 0.3) is 0 Å². The molecule has 0 saturated heterocycles. The molecule has 1 atom stereocenters. The molecule has 0 N–H and O–H groups in total. The molecule has 2 aromatic rings. The van der Waals surface area contributed by atoms with Crippen molar-refractivity contribution in [2.24, 2.45) is 5.29 Å². The summed E-state index contributed by atoms with van der Waals surface area (Å²) < 4.78 is 0. The van der Waals surface area contributed by atoms with E-state index in [9.17, 15) is 4.91 Å². The number of rotatable bonds is 4. The Morgan fingerprint density at radius 3 is 2.53 bits per heavy atom. The summed E-state index contributed by atoms with van der Waals surface area (Å²) in [5.74, 6) is 0. The van der Waals surface area contributed by atoms with Crippen molar-refractivity contribution in [1.82, 2.24) is 4.98 Å². The van der Waals surface area contributed by atoms with Crippen molar-refractivity contribution in [2.75, 3.05) is 5.01 Å². The molecule has 0 amide bonds. The number of anilines is 1. The first-order valence-electron chi connectivity index (χ1n) is 5.40. The fraction of sp³-hybridized carbons (Fsp3) is 0.154. The van der Waals surface area contributed by atoms with Crippen LogP contribution in [0.3, 0.4) is 0 Å². The summed E-state index contributed by atoms with van der Waals surface area (Å²) >= 11 is 0. The number of pyridine rings is 1. The largest absolute Gasteiger partial charge is 0.264 e. The van der Waals surface area contributed by atoms with Crippen LogP contribution in [0, 0.1) is 4.91 Å². The molecular weight excluding hydrogens is 214 g/mol. The second-order valence-corrected chi connectivity index (χ2v) is 3.72. The average Bonchev–Trinajstić information content (AvgIpc) is 2.42. The van der Waals surface area contributed by atoms with Gasteiger partial charge in [0.15, 0.2) is 0 Å². The van der Waals surface area contributed by atoms with Gasteiger partial charge in [-0.2, -0.15) is 0 Å². The van der Waals surface area contributed by atoms with Gasteiger partial charge in [0.1, 0.15) is 0 Å². The molecule has 1 aromatic carbocycles. The number of nitroso groups, excluding NO2 is 1. The molecule has 0 spiro atoms. The van der Waals surface area contributed by atoms with E-state index in [1.165, 1.54) is 5.01 Å². The van der Waals surface area contributed by atoms with E-state index in [-0.39, 0.29) is 6.04 Å². The zero-order valence-electron chi connectivity index (χ0n) is 9.52. The maximum atomic E-state index is 11.0. The summed E-state index contributed by atoms with van der Waals surface area (Å²) in [6, 6.07) is 13.0. The van der Waals surface area contributed by atoms with Gasteiger partial charge in [0.05, 0.1) is 17.0 Å². The Kier molecular flexibility index (Phi) is 3.45. The van der Waals surface area contributed by atoms with Crippen molar-refractivity contribution < 1.29 is 0 Å². The maximum absolute atomic E-state index is 11.0. The normalized spacial score (nSPS) is 11.8. The topological polar surface area (TPSA) is 45.6 Å². The molecule has 0 fully saturated rings. The van der Waals surface area contributed by atoms with Crippen LogP contribution in [0.4, 0.5) is 5.69 Å². The van der Waals surface area contributed by atoms with Crippen LogP contribution >= 0.6 is 0 Å². The third-order valence-electron chi connectivity index (χ3n) is 2.64. The second kappa shape index (κ2) is 5.21. The predicted molar refractivity (Wildman–Crippen MR) is 67.4 cm³/mol. The Morgan fingerprint density at radius 2 is 1.94 bits per heavy atom. The number of nitrogens with zero attached hydrogens (tertiary/aromatic N) is 3. The van der Waals surface area contributed by atoms with Crippen LogP contribution in [0.15, 0.2) is 60.1 Å². The fourth-order valence-corrected chi connectivity index (χ4v) is 1.69. The third-order valence-corrected chi connectivity index (χ3v) is 2.64. The van der Waals surface area contributed by atoms with E-state index in [2.05, 4.69) is 10.3 Å². The number of hydrogen-bond acceptors (Lipinski definition) is 3. The van der Waals surface area contributed by atoms with Crippen LogP contribution in [0.25, 0.3) is 0 Å². The molecule has 4 nitrogen and oxygen atoms in total. The fourth-order valence-electron chi connectivity index (χ4n) is 1.69. The molecule has 4 heteroatoms. The quantitative estimate of drug-likeness (QED) is 0.594. The second-order valence-electron chi connectivity index (χ2n) is 3.72. The first kappa shape index (κ1) is 11.3. The van der Waals surface area contributed by atoms with Gasteiger partial charge in [0.2, 0.25) is 0 Å². The van der Waals surface area contributed by atoms with Gasteiger partial charge >= 0.3 is 0 Å². The molecule has 2 rings (SSSR count). The zero-order chi connectivity index (χ0) is 12.1. The number of hydrogen-bond donors (Lipinski definition) is 0. The van der Waals surface area contributed by atoms with Crippen LogP contribution in [0.2, 0.25) is 0 Å². The van der Waals surface area contributed by atoms with E-state index in [0.717, 1.165) is 11.3 Å².